The van der Waals surface area contributed by atoms with Gasteiger partial charge in [-0.05, 0) is 49.1 Å². The van der Waals surface area contributed by atoms with Crippen LogP contribution in [0.1, 0.15) is 35.7 Å². The maximum Gasteiger partial charge on any atom is 0.417 e. The Hall–Kier alpha value is -3.89. The van der Waals surface area contributed by atoms with E-state index in [2.05, 4.69) is 15.0 Å². The van der Waals surface area contributed by atoms with E-state index in [1.165, 1.54) is 48.5 Å². The second-order valence-corrected chi connectivity index (χ2v) is 8.96. The summed E-state index contributed by atoms with van der Waals surface area (Å²) in [7, 11) is 0. The van der Waals surface area contributed by atoms with E-state index in [1.807, 2.05) is 0 Å². The molecule has 3 heterocycles. The number of amides is 2. The highest BCUT2D eigenvalue weighted by molar-refractivity contribution is 6.01. The number of benzene rings is 1. The van der Waals surface area contributed by atoms with Gasteiger partial charge >= 0.3 is 6.18 Å². The van der Waals surface area contributed by atoms with Crippen LogP contribution in [0, 0.1) is 11.7 Å². The fraction of sp³-hybridized carbons (Fsp3) is 0.320. The molecule has 0 spiro atoms. The number of hydrogen-bond acceptors (Lipinski definition) is 5. The number of piperidine rings is 1. The van der Waals surface area contributed by atoms with Crippen LogP contribution in [0.4, 0.5) is 23.4 Å². The third-order valence-electron chi connectivity index (χ3n) is 6.74. The molecule has 36 heavy (non-hydrogen) atoms. The van der Waals surface area contributed by atoms with Crippen LogP contribution in [-0.4, -0.2) is 50.3 Å². The number of anilines is 1. The van der Waals surface area contributed by atoms with Gasteiger partial charge in [0.2, 0.25) is 5.91 Å². The zero-order valence-electron chi connectivity index (χ0n) is 19.1. The largest absolute Gasteiger partial charge is 0.417 e. The van der Waals surface area contributed by atoms with E-state index in [0.717, 1.165) is 6.07 Å². The molecule has 1 saturated carbocycles. The van der Waals surface area contributed by atoms with Crippen LogP contribution in [0.15, 0.2) is 55.0 Å². The topological polar surface area (TPSA) is 79.3 Å². The van der Waals surface area contributed by atoms with Gasteiger partial charge in [0.15, 0.2) is 5.82 Å². The third kappa shape index (κ3) is 4.18. The lowest BCUT2D eigenvalue weighted by Gasteiger charge is -2.39. The molecule has 2 bridgehead atoms. The molecule has 3 atom stereocenters. The number of aromatic nitrogens is 3. The molecule has 1 aliphatic carbocycles. The molecule has 11 heteroatoms. The zero-order chi connectivity index (χ0) is 25.6. The van der Waals surface area contributed by atoms with Gasteiger partial charge in [-0.1, -0.05) is 6.07 Å². The van der Waals surface area contributed by atoms with Gasteiger partial charge in [0.25, 0.3) is 5.91 Å². The predicted octanol–water partition coefficient (Wildman–Crippen LogP) is 4.35. The lowest BCUT2D eigenvalue weighted by Crippen LogP contribution is -2.54. The first-order chi connectivity index (χ1) is 17.1. The molecule has 0 radical (unpaired) electrons. The first-order valence-electron chi connectivity index (χ1n) is 11.3. The minimum Gasteiger partial charge on any atom is -0.333 e. The van der Waals surface area contributed by atoms with E-state index >= 15 is 0 Å². The summed E-state index contributed by atoms with van der Waals surface area (Å²) in [5.74, 6) is -1.18. The Morgan fingerprint density at radius 2 is 1.78 bits per heavy atom. The van der Waals surface area contributed by atoms with E-state index in [4.69, 9.17) is 0 Å². The Morgan fingerprint density at radius 3 is 2.39 bits per heavy atom. The first kappa shape index (κ1) is 23.8. The van der Waals surface area contributed by atoms with Crippen molar-refractivity contribution in [1.82, 2.24) is 19.9 Å². The standard InChI is InChI=1S/C25H21F4N5O2/c1-14(35)34(21-7-6-16(12-32-21)25(27,28)29)20-11-15-10-19(20)33(13-15)24(36)17-4-2-5-18(26)22(17)23-30-8-3-9-31-23/h2-9,12,15,19-20H,10-11,13H2,1H3/t15-,19-,20-/m1/s1. The van der Waals surface area contributed by atoms with Gasteiger partial charge in [-0.15, -0.1) is 0 Å². The molecule has 1 aromatic carbocycles. The van der Waals surface area contributed by atoms with Crippen molar-refractivity contribution in [3.8, 4) is 11.4 Å². The van der Waals surface area contributed by atoms with Gasteiger partial charge < -0.3 is 4.90 Å². The van der Waals surface area contributed by atoms with Crippen LogP contribution < -0.4 is 4.90 Å². The number of alkyl halides is 3. The van der Waals surface area contributed by atoms with Crippen molar-refractivity contribution in [3.63, 3.8) is 0 Å². The number of hydrogen-bond donors (Lipinski definition) is 0. The average Bonchev–Trinajstić information content (AvgIpc) is 3.45. The van der Waals surface area contributed by atoms with Crippen molar-refractivity contribution in [2.24, 2.45) is 5.92 Å². The summed E-state index contributed by atoms with van der Waals surface area (Å²) >= 11 is 0. The zero-order valence-corrected chi connectivity index (χ0v) is 19.1. The van der Waals surface area contributed by atoms with Crippen LogP contribution >= 0.6 is 0 Å². The summed E-state index contributed by atoms with van der Waals surface area (Å²) in [6.07, 6.45) is 0.257. The minimum atomic E-state index is -4.55. The molecule has 2 aromatic heterocycles. The summed E-state index contributed by atoms with van der Waals surface area (Å²) < 4.78 is 53.8. The number of nitrogens with zero attached hydrogens (tertiary/aromatic N) is 5. The van der Waals surface area contributed by atoms with Gasteiger partial charge in [0.05, 0.1) is 28.8 Å². The van der Waals surface area contributed by atoms with Crippen LogP contribution in [0.2, 0.25) is 0 Å². The van der Waals surface area contributed by atoms with Gasteiger partial charge in [-0.3, -0.25) is 14.5 Å². The van der Waals surface area contributed by atoms with Gasteiger partial charge in [0.1, 0.15) is 11.6 Å². The molecule has 1 aliphatic heterocycles. The molecule has 2 aliphatic rings. The van der Waals surface area contributed by atoms with E-state index in [9.17, 15) is 27.2 Å². The summed E-state index contributed by atoms with van der Waals surface area (Å²) in [4.78, 5) is 41.3. The van der Waals surface area contributed by atoms with Crippen molar-refractivity contribution in [1.29, 1.82) is 0 Å². The smallest absolute Gasteiger partial charge is 0.333 e. The van der Waals surface area contributed by atoms with Crippen molar-refractivity contribution in [2.45, 2.75) is 38.0 Å². The highest BCUT2D eigenvalue weighted by Crippen LogP contribution is 2.43. The quantitative estimate of drug-likeness (QED) is 0.499. The number of fused-ring (bicyclic) bond motifs is 2. The van der Waals surface area contributed by atoms with Crippen molar-refractivity contribution in [2.75, 3.05) is 11.4 Å². The van der Waals surface area contributed by atoms with Crippen molar-refractivity contribution >= 4 is 17.6 Å². The lowest BCUT2D eigenvalue weighted by molar-refractivity contribution is -0.137. The highest BCUT2D eigenvalue weighted by atomic mass is 19.4. The number of carbonyl (C=O) groups excluding carboxylic acids is 2. The van der Waals surface area contributed by atoms with Crippen LogP contribution in [-0.2, 0) is 11.0 Å². The Bertz CT molecular complexity index is 1300. The number of rotatable bonds is 4. The summed E-state index contributed by atoms with van der Waals surface area (Å²) in [6.45, 7) is 1.74. The van der Waals surface area contributed by atoms with Crippen molar-refractivity contribution in [3.05, 3.63) is 71.9 Å². The third-order valence-corrected chi connectivity index (χ3v) is 6.74. The monoisotopic (exact) mass is 499 g/mol. The Labute approximate surface area is 203 Å². The number of pyridine rings is 1. The Morgan fingerprint density at radius 1 is 1.03 bits per heavy atom. The fourth-order valence-electron chi connectivity index (χ4n) is 5.28. The van der Waals surface area contributed by atoms with E-state index in [-0.39, 0.29) is 28.7 Å². The molecule has 7 nitrogen and oxygen atoms in total. The summed E-state index contributed by atoms with van der Waals surface area (Å²) in [5.41, 5.74) is -0.814. The Kier molecular flexibility index (Phi) is 5.93. The molecular weight excluding hydrogens is 478 g/mol. The number of likely N-dealkylation sites (tertiary alicyclic amines) is 1. The number of carbonyl (C=O) groups is 2. The summed E-state index contributed by atoms with van der Waals surface area (Å²) in [5, 5.41) is 0. The average molecular weight is 499 g/mol. The normalized spacial score (nSPS) is 21.0. The predicted molar refractivity (Wildman–Crippen MR) is 121 cm³/mol. The number of halogens is 4. The van der Waals surface area contributed by atoms with Gasteiger partial charge in [-0.2, -0.15) is 13.2 Å². The maximum atomic E-state index is 14.8. The van der Waals surface area contributed by atoms with Crippen molar-refractivity contribution < 1.29 is 27.2 Å². The van der Waals surface area contributed by atoms with Gasteiger partial charge in [-0.25, -0.2) is 19.3 Å². The van der Waals surface area contributed by atoms with E-state index in [1.54, 1.807) is 11.0 Å². The Balaban J connectivity index is 1.46. The molecule has 2 amide bonds. The molecule has 1 saturated heterocycles. The molecule has 5 rings (SSSR count). The maximum absolute atomic E-state index is 14.8. The molecule has 0 N–H and O–H groups in total. The second-order valence-electron chi connectivity index (χ2n) is 8.96. The highest BCUT2D eigenvalue weighted by Gasteiger charge is 2.50. The minimum absolute atomic E-state index is 0.00439. The van der Waals surface area contributed by atoms with Crippen LogP contribution in [0.5, 0.6) is 0 Å². The van der Waals surface area contributed by atoms with Gasteiger partial charge in [0, 0.05) is 32.1 Å². The second kappa shape index (κ2) is 8.96. The van der Waals surface area contributed by atoms with Crippen LogP contribution in [0.25, 0.3) is 11.4 Å². The molecule has 3 aromatic rings. The summed E-state index contributed by atoms with van der Waals surface area (Å²) in [6, 6.07) is 6.94. The van der Waals surface area contributed by atoms with E-state index in [0.29, 0.717) is 25.6 Å². The molecule has 0 unspecified atom stereocenters. The molecule has 2 fully saturated rings. The SMILES string of the molecule is CC(=O)N(c1ccc(C(F)(F)F)cn1)[C@@H]1C[C@H]2C[C@H]1N(C(=O)c1cccc(F)c1-c1ncccn1)C2. The van der Waals surface area contributed by atoms with E-state index < -0.39 is 41.5 Å². The molecule has 186 valence electrons. The van der Waals surface area contributed by atoms with Crippen LogP contribution in [0.3, 0.4) is 0 Å². The fourth-order valence-corrected chi connectivity index (χ4v) is 5.28. The molecular formula is C25H21F4N5O2. The first-order valence-corrected chi connectivity index (χ1v) is 11.3. The lowest BCUT2D eigenvalue weighted by atomic mass is 10.00.